The van der Waals surface area contributed by atoms with Gasteiger partial charge in [0.25, 0.3) is 0 Å². The molecule has 0 aliphatic carbocycles. The highest BCUT2D eigenvalue weighted by molar-refractivity contribution is 5.68. The maximum atomic E-state index is 9.54. The number of nitrogens with zero attached hydrogens (tertiary/aromatic N) is 1. The molecule has 9 heavy (non-hydrogen) atoms. The Hall–Kier alpha value is -1.28. The highest BCUT2D eigenvalue weighted by Crippen LogP contribution is 1.50. The lowest BCUT2D eigenvalue weighted by Gasteiger charge is -1.84. The third kappa shape index (κ3) is 50.6. The van der Waals surface area contributed by atoms with Gasteiger partial charge in [-0.25, -0.2) is 0 Å². The molecular weight excluding hydrogens is 122 g/mol. The van der Waals surface area contributed by atoms with Crippen LogP contribution < -0.4 is 11.1 Å². The van der Waals surface area contributed by atoms with Crippen molar-refractivity contribution < 1.29 is 9.90 Å². The number of carbonyl (C=O) groups is 1. The third-order valence-electron chi connectivity index (χ3n) is 0.328. The lowest BCUT2D eigenvalue weighted by molar-refractivity contribution is -0.135. The molecule has 0 atom stereocenters. The fraction of sp³-hybridized carbons (Fsp3) is 0.500. The van der Waals surface area contributed by atoms with Crippen LogP contribution in [0, 0.1) is 11.5 Å². The van der Waals surface area contributed by atoms with Crippen LogP contribution in [-0.2, 0) is 4.79 Å². The average Bonchev–Trinajstić information content (AvgIpc) is 1.67. The normalized spacial score (nSPS) is 6.22. The van der Waals surface area contributed by atoms with E-state index < -0.39 is 5.97 Å². The van der Waals surface area contributed by atoms with Crippen LogP contribution >= 0.6 is 0 Å². The molecule has 52 valence electrons. The predicted octanol–water partition coefficient (Wildman–Crippen LogP) is -1.28. The Balaban J connectivity index is 0. The molecule has 4 N–H and O–H groups in total. The van der Waals surface area contributed by atoms with Crippen molar-refractivity contribution in [3.8, 4) is 6.19 Å². The molecule has 0 unspecified atom stereocenters. The van der Waals surface area contributed by atoms with E-state index in [0.717, 1.165) is 0 Å². The minimum absolute atomic E-state index is 0.0417. The molecule has 0 saturated heterocycles. The molecule has 0 aromatic carbocycles. The smallest absolute Gasteiger partial charge is 0.317 e. The summed E-state index contributed by atoms with van der Waals surface area (Å²) in [5, 5.41) is 17.4. The minimum Gasteiger partial charge on any atom is -0.480 e. The van der Waals surface area contributed by atoms with Crippen molar-refractivity contribution in [2.45, 2.75) is 0 Å². The zero-order valence-electron chi connectivity index (χ0n) is 5.09. The monoisotopic (exact) mass is 131 g/mol. The van der Waals surface area contributed by atoms with E-state index in [-0.39, 0.29) is 6.54 Å². The molecular formula is C4H9N3O2. The van der Waals surface area contributed by atoms with Crippen LogP contribution in [0.4, 0.5) is 0 Å². The van der Waals surface area contributed by atoms with E-state index in [9.17, 15) is 4.79 Å². The lowest BCUT2D eigenvalue weighted by atomic mass is 10.7. The first-order chi connectivity index (χ1) is 4.18. The van der Waals surface area contributed by atoms with Crippen molar-refractivity contribution in [1.82, 2.24) is 5.32 Å². The average molecular weight is 131 g/mol. The number of aliphatic carboxylic acids is 1. The largest absolute Gasteiger partial charge is 0.480 e. The molecule has 0 aliphatic rings. The van der Waals surface area contributed by atoms with Gasteiger partial charge in [-0.1, -0.05) is 0 Å². The van der Waals surface area contributed by atoms with E-state index >= 15 is 0 Å². The van der Waals surface area contributed by atoms with Crippen molar-refractivity contribution in [3.63, 3.8) is 0 Å². The van der Waals surface area contributed by atoms with Crippen molar-refractivity contribution in [1.29, 1.82) is 5.26 Å². The Bertz CT molecular complexity index is 107. The standard InChI is InChI=1S/C3H7NO2.CH2N2/c1-4-2-3(5)6;2-1-3/h4H,2H2,1H3,(H,5,6);2H2. The molecule has 0 radical (unpaired) electrons. The molecule has 0 fully saturated rings. The van der Waals surface area contributed by atoms with Gasteiger partial charge in [0, 0.05) is 0 Å². The summed E-state index contributed by atoms with van der Waals surface area (Å²) in [7, 11) is 1.59. The van der Waals surface area contributed by atoms with Gasteiger partial charge in [-0.05, 0) is 7.05 Å². The molecule has 0 rings (SSSR count). The topological polar surface area (TPSA) is 99.1 Å². The van der Waals surface area contributed by atoms with E-state index in [1.54, 1.807) is 7.05 Å². The van der Waals surface area contributed by atoms with Gasteiger partial charge in [0.1, 0.15) is 0 Å². The summed E-state index contributed by atoms with van der Waals surface area (Å²) in [5.41, 5.74) is 4.15. The third-order valence-corrected chi connectivity index (χ3v) is 0.328. The molecule has 0 heterocycles. The van der Waals surface area contributed by atoms with Gasteiger partial charge in [0.15, 0.2) is 6.19 Å². The fourth-order valence-corrected chi connectivity index (χ4v) is 0.151. The molecule has 0 amide bonds. The molecule has 0 aliphatic heterocycles. The zero-order chi connectivity index (χ0) is 7.70. The van der Waals surface area contributed by atoms with Gasteiger partial charge < -0.3 is 16.2 Å². The summed E-state index contributed by atoms with van der Waals surface area (Å²) in [6.45, 7) is 0.0417. The van der Waals surface area contributed by atoms with Crippen molar-refractivity contribution in [2.24, 2.45) is 5.73 Å². The lowest BCUT2D eigenvalue weighted by Crippen LogP contribution is -2.16. The van der Waals surface area contributed by atoms with Crippen LogP contribution in [0.5, 0.6) is 0 Å². The second-order valence-corrected chi connectivity index (χ2v) is 1.05. The number of hydrogen-bond acceptors (Lipinski definition) is 4. The predicted molar refractivity (Wildman–Crippen MR) is 31.4 cm³/mol. The van der Waals surface area contributed by atoms with Gasteiger partial charge in [-0.3, -0.25) is 4.79 Å². The van der Waals surface area contributed by atoms with E-state index in [2.05, 4.69) is 11.1 Å². The molecule has 5 heteroatoms. The zero-order valence-corrected chi connectivity index (χ0v) is 5.09. The summed E-state index contributed by atoms with van der Waals surface area (Å²) in [6.07, 6.45) is 1.25. The maximum Gasteiger partial charge on any atom is 0.317 e. The van der Waals surface area contributed by atoms with Crippen LogP contribution in [0.2, 0.25) is 0 Å². The van der Waals surface area contributed by atoms with Crippen molar-refractivity contribution in [3.05, 3.63) is 0 Å². The summed E-state index contributed by atoms with van der Waals surface area (Å²) >= 11 is 0. The minimum atomic E-state index is -0.822. The van der Waals surface area contributed by atoms with Crippen LogP contribution in [0.15, 0.2) is 0 Å². The van der Waals surface area contributed by atoms with Gasteiger partial charge in [-0.15, -0.1) is 0 Å². The van der Waals surface area contributed by atoms with E-state index in [4.69, 9.17) is 10.4 Å². The fourth-order valence-electron chi connectivity index (χ4n) is 0.151. The second kappa shape index (κ2) is 9.87. The maximum absolute atomic E-state index is 9.54. The van der Waals surface area contributed by atoms with Crippen LogP contribution in [-0.4, -0.2) is 24.7 Å². The Kier molecular flexibility index (Phi) is 11.7. The first-order valence-electron chi connectivity index (χ1n) is 2.15. The highest BCUT2D eigenvalue weighted by atomic mass is 16.4. The first kappa shape index (κ1) is 10.7. The number of carboxylic acid groups (broad SMARTS) is 1. The highest BCUT2D eigenvalue weighted by Gasteiger charge is 1.86. The Morgan fingerprint density at radius 1 is 2.00 bits per heavy atom. The Morgan fingerprint density at radius 2 is 2.33 bits per heavy atom. The van der Waals surface area contributed by atoms with E-state index in [0.29, 0.717) is 0 Å². The molecule has 0 bridgehead atoms. The van der Waals surface area contributed by atoms with Gasteiger partial charge in [0.05, 0.1) is 6.54 Å². The number of rotatable bonds is 2. The van der Waals surface area contributed by atoms with Crippen LogP contribution in [0.25, 0.3) is 0 Å². The SMILES string of the molecule is CNCC(=O)O.N#CN. The van der Waals surface area contributed by atoms with Gasteiger partial charge in [0.2, 0.25) is 0 Å². The summed E-state index contributed by atoms with van der Waals surface area (Å²) < 4.78 is 0. The van der Waals surface area contributed by atoms with Gasteiger partial charge >= 0.3 is 5.97 Å². The van der Waals surface area contributed by atoms with E-state index in [1.807, 2.05) is 0 Å². The van der Waals surface area contributed by atoms with E-state index in [1.165, 1.54) is 6.19 Å². The second-order valence-electron chi connectivity index (χ2n) is 1.05. The quantitative estimate of drug-likeness (QED) is 0.320. The molecule has 0 spiro atoms. The van der Waals surface area contributed by atoms with Crippen molar-refractivity contribution in [2.75, 3.05) is 13.6 Å². The summed E-state index contributed by atoms with van der Waals surface area (Å²) in [4.78, 5) is 9.54. The number of nitrogens with two attached hydrogens (primary N) is 1. The Morgan fingerprint density at radius 3 is 2.33 bits per heavy atom. The molecule has 0 saturated carbocycles. The number of nitriles is 1. The van der Waals surface area contributed by atoms with Crippen LogP contribution in [0.3, 0.4) is 0 Å². The first-order valence-corrected chi connectivity index (χ1v) is 2.15. The number of hydrogen-bond donors (Lipinski definition) is 3. The number of carboxylic acids is 1. The number of nitrogens with one attached hydrogen (secondary N) is 1. The van der Waals surface area contributed by atoms with Crippen molar-refractivity contribution >= 4 is 5.97 Å². The molecule has 0 aromatic rings. The van der Waals surface area contributed by atoms with Crippen LogP contribution in [0.1, 0.15) is 0 Å². The number of likely N-dealkylation sites (N-methyl/N-ethyl adjacent to an activating group) is 1. The summed E-state index contributed by atoms with van der Waals surface area (Å²) in [6, 6.07) is 0. The summed E-state index contributed by atoms with van der Waals surface area (Å²) in [5.74, 6) is -0.822. The van der Waals surface area contributed by atoms with Gasteiger partial charge in [-0.2, -0.15) is 5.26 Å². The molecule has 5 nitrogen and oxygen atoms in total. The Labute approximate surface area is 53.1 Å². The molecule has 0 aromatic heterocycles.